The number of hydrogen-bond donors (Lipinski definition) is 1. The van der Waals surface area contributed by atoms with Gasteiger partial charge in [-0.2, -0.15) is 5.26 Å². The van der Waals surface area contributed by atoms with Crippen molar-refractivity contribution in [3.8, 4) is 6.07 Å². The summed E-state index contributed by atoms with van der Waals surface area (Å²) in [5, 5.41) is 8.62. The minimum atomic E-state index is -0.653. The van der Waals surface area contributed by atoms with Crippen LogP contribution in [0, 0.1) is 22.7 Å². The van der Waals surface area contributed by atoms with Gasteiger partial charge in [0.2, 0.25) is 11.8 Å². The number of hydrogen-bond acceptors (Lipinski definition) is 3. The molecule has 0 bridgehead atoms. The van der Waals surface area contributed by atoms with E-state index >= 15 is 0 Å². The largest absolute Gasteiger partial charge is 0.369 e. The third-order valence-corrected chi connectivity index (χ3v) is 2.94. The quantitative estimate of drug-likeness (QED) is 0.687. The molecule has 0 saturated carbocycles. The second kappa shape index (κ2) is 3.89. The molecule has 2 amide bonds. The van der Waals surface area contributed by atoms with Crippen molar-refractivity contribution >= 4 is 11.8 Å². The lowest BCUT2D eigenvalue weighted by Crippen LogP contribution is -2.39. The molecule has 0 radical (unpaired) electrons. The van der Waals surface area contributed by atoms with Gasteiger partial charge in [-0.05, 0) is 20.3 Å². The molecule has 5 heteroatoms. The minimum Gasteiger partial charge on any atom is -0.369 e. The maximum absolute atomic E-state index is 11.6. The van der Waals surface area contributed by atoms with Gasteiger partial charge in [-0.15, -0.1) is 0 Å². The molecule has 2 unspecified atom stereocenters. The van der Waals surface area contributed by atoms with E-state index in [2.05, 4.69) is 0 Å². The van der Waals surface area contributed by atoms with Crippen molar-refractivity contribution in [3.05, 3.63) is 0 Å². The predicted octanol–water partition coefficient (Wildman–Crippen LogP) is -0.130. The fraction of sp³-hybridized carbons (Fsp3) is 0.700. The van der Waals surface area contributed by atoms with E-state index < -0.39 is 11.3 Å². The van der Waals surface area contributed by atoms with Crippen LogP contribution in [0.4, 0.5) is 0 Å². The lowest BCUT2D eigenvalue weighted by molar-refractivity contribution is -0.133. The first-order valence-electron chi connectivity index (χ1n) is 4.89. The van der Waals surface area contributed by atoms with Gasteiger partial charge < -0.3 is 10.6 Å². The predicted molar refractivity (Wildman–Crippen MR) is 53.3 cm³/mol. The summed E-state index contributed by atoms with van der Waals surface area (Å²) in [6.45, 7) is 4.14. The molecule has 1 aliphatic rings. The minimum absolute atomic E-state index is 0.220. The van der Waals surface area contributed by atoms with E-state index in [1.165, 1.54) is 0 Å². The zero-order valence-corrected chi connectivity index (χ0v) is 8.99. The van der Waals surface area contributed by atoms with Crippen LogP contribution in [-0.2, 0) is 9.59 Å². The highest BCUT2D eigenvalue weighted by Gasteiger charge is 2.41. The summed E-state index contributed by atoms with van der Waals surface area (Å²) in [6, 6.07) is 1.89. The van der Waals surface area contributed by atoms with E-state index in [4.69, 9.17) is 11.0 Å². The van der Waals surface area contributed by atoms with Gasteiger partial charge in [0, 0.05) is 13.1 Å². The average Bonchev–Trinajstić information content (AvgIpc) is 2.60. The molecule has 1 saturated heterocycles. The Bertz CT molecular complexity index is 334. The Balaban J connectivity index is 2.69. The number of primary amides is 1. The van der Waals surface area contributed by atoms with Crippen LogP contribution in [0.15, 0.2) is 0 Å². The Kier molecular flexibility index (Phi) is 2.98. The molecule has 2 atom stereocenters. The summed E-state index contributed by atoms with van der Waals surface area (Å²) in [4.78, 5) is 24.3. The molecule has 1 rings (SSSR count). The third kappa shape index (κ3) is 2.09. The Hall–Kier alpha value is -1.57. The standard InChI is InChI=1S/C10H15N3O2/c1-7(5-11)8(14)13-4-3-10(2,6-13)9(12)15/h7H,3-4,6H2,1-2H3,(H2,12,15). The molecule has 0 aromatic rings. The maximum Gasteiger partial charge on any atom is 0.239 e. The van der Waals surface area contributed by atoms with E-state index in [0.717, 1.165) is 0 Å². The molecule has 15 heavy (non-hydrogen) atoms. The molecule has 2 N–H and O–H groups in total. The lowest BCUT2D eigenvalue weighted by Gasteiger charge is -2.21. The van der Waals surface area contributed by atoms with E-state index in [9.17, 15) is 9.59 Å². The second-order valence-corrected chi connectivity index (χ2v) is 4.29. The molecule has 1 heterocycles. The van der Waals surface area contributed by atoms with Gasteiger partial charge in [0.25, 0.3) is 0 Å². The van der Waals surface area contributed by atoms with Crippen LogP contribution in [0.5, 0.6) is 0 Å². The molecule has 5 nitrogen and oxygen atoms in total. The molecule has 0 aliphatic carbocycles. The molecular formula is C10H15N3O2. The number of carbonyl (C=O) groups excluding carboxylic acids is 2. The van der Waals surface area contributed by atoms with Crippen LogP contribution in [0.3, 0.4) is 0 Å². The van der Waals surface area contributed by atoms with Crippen molar-refractivity contribution in [2.24, 2.45) is 17.1 Å². The number of nitriles is 1. The number of nitrogens with two attached hydrogens (primary N) is 1. The van der Waals surface area contributed by atoms with Gasteiger partial charge in [0.05, 0.1) is 11.5 Å². The number of rotatable bonds is 2. The molecule has 1 fully saturated rings. The third-order valence-electron chi connectivity index (χ3n) is 2.94. The van der Waals surface area contributed by atoms with Gasteiger partial charge in [0.1, 0.15) is 5.92 Å². The maximum atomic E-state index is 11.6. The summed E-state index contributed by atoms with van der Waals surface area (Å²) in [5.41, 5.74) is 4.63. The normalized spacial score (nSPS) is 27.1. The Morgan fingerprint density at radius 1 is 1.60 bits per heavy atom. The Morgan fingerprint density at radius 2 is 2.20 bits per heavy atom. The first kappa shape index (κ1) is 11.5. The highest BCUT2D eigenvalue weighted by molar-refractivity contribution is 5.85. The number of likely N-dealkylation sites (tertiary alicyclic amines) is 1. The van der Waals surface area contributed by atoms with Crippen molar-refractivity contribution in [1.29, 1.82) is 5.26 Å². The fourth-order valence-electron chi connectivity index (χ4n) is 1.68. The van der Waals surface area contributed by atoms with Crippen LogP contribution in [0.25, 0.3) is 0 Å². The van der Waals surface area contributed by atoms with Crippen LogP contribution in [0.1, 0.15) is 20.3 Å². The molecular weight excluding hydrogens is 194 g/mol. The fourth-order valence-corrected chi connectivity index (χ4v) is 1.68. The zero-order valence-electron chi connectivity index (χ0n) is 8.99. The van der Waals surface area contributed by atoms with E-state index in [0.29, 0.717) is 19.5 Å². The molecule has 82 valence electrons. The van der Waals surface area contributed by atoms with Crippen molar-refractivity contribution in [1.82, 2.24) is 4.90 Å². The van der Waals surface area contributed by atoms with Gasteiger partial charge in [-0.3, -0.25) is 9.59 Å². The monoisotopic (exact) mass is 209 g/mol. The van der Waals surface area contributed by atoms with Crippen LogP contribution >= 0.6 is 0 Å². The Labute approximate surface area is 88.8 Å². The number of amides is 2. The molecule has 1 aliphatic heterocycles. The molecule has 0 spiro atoms. The van der Waals surface area contributed by atoms with Crippen molar-refractivity contribution in [2.45, 2.75) is 20.3 Å². The first-order valence-corrected chi connectivity index (χ1v) is 4.89. The first-order chi connectivity index (χ1) is 6.90. The number of carbonyl (C=O) groups is 2. The van der Waals surface area contributed by atoms with Gasteiger partial charge in [0.15, 0.2) is 0 Å². The summed E-state index contributed by atoms with van der Waals surface area (Å²) in [7, 11) is 0. The van der Waals surface area contributed by atoms with Crippen LogP contribution < -0.4 is 5.73 Å². The van der Waals surface area contributed by atoms with Gasteiger partial charge in [-0.1, -0.05) is 0 Å². The van der Waals surface area contributed by atoms with Gasteiger partial charge >= 0.3 is 0 Å². The van der Waals surface area contributed by atoms with Crippen molar-refractivity contribution in [3.63, 3.8) is 0 Å². The van der Waals surface area contributed by atoms with Crippen molar-refractivity contribution in [2.75, 3.05) is 13.1 Å². The highest BCUT2D eigenvalue weighted by Crippen LogP contribution is 2.30. The van der Waals surface area contributed by atoms with Gasteiger partial charge in [-0.25, -0.2) is 0 Å². The Morgan fingerprint density at radius 3 is 2.60 bits per heavy atom. The molecule has 0 aromatic heterocycles. The second-order valence-electron chi connectivity index (χ2n) is 4.29. The van der Waals surface area contributed by atoms with Crippen molar-refractivity contribution < 1.29 is 9.59 Å². The number of nitrogens with zero attached hydrogens (tertiary/aromatic N) is 2. The van der Waals surface area contributed by atoms with E-state index in [1.807, 2.05) is 6.07 Å². The lowest BCUT2D eigenvalue weighted by atomic mass is 9.89. The summed E-state index contributed by atoms with van der Waals surface area (Å²) in [6.07, 6.45) is 0.576. The summed E-state index contributed by atoms with van der Waals surface area (Å²) in [5.74, 6) is -1.26. The van der Waals surface area contributed by atoms with Crippen LogP contribution in [0.2, 0.25) is 0 Å². The SMILES string of the molecule is CC(C#N)C(=O)N1CCC(C)(C(N)=O)C1. The summed E-state index contributed by atoms with van der Waals surface area (Å²) < 4.78 is 0. The topological polar surface area (TPSA) is 87.2 Å². The molecule has 0 aromatic carbocycles. The summed E-state index contributed by atoms with van der Waals surface area (Å²) >= 11 is 0. The zero-order chi connectivity index (χ0) is 11.6. The van der Waals surface area contributed by atoms with E-state index in [-0.39, 0.29) is 11.8 Å². The average molecular weight is 209 g/mol. The highest BCUT2D eigenvalue weighted by atomic mass is 16.2. The van der Waals surface area contributed by atoms with E-state index in [1.54, 1.807) is 18.7 Å². The smallest absolute Gasteiger partial charge is 0.239 e. The van der Waals surface area contributed by atoms with Crippen LogP contribution in [-0.4, -0.2) is 29.8 Å².